The summed E-state index contributed by atoms with van der Waals surface area (Å²) in [6, 6.07) is 18.6. The normalized spacial score (nSPS) is 37.2. The average molecular weight is 530 g/mol. The maximum absolute atomic E-state index is 14.3. The Hall–Kier alpha value is -2.98. The highest BCUT2D eigenvalue weighted by Crippen LogP contribution is 2.62. The van der Waals surface area contributed by atoms with E-state index >= 15 is 0 Å². The molecule has 202 valence electrons. The third kappa shape index (κ3) is 3.40. The summed E-state index contributed by atoms with van der Waals surface area (Å²) in [4.78, 5) is 28.1. The van der Waals surface area contributed by atoms with Crippen molar-refractivity contribution in [2.75, 3.05) is 6.61 Å². The van der Waals surface area contributed by atoms with Crippen molar-refractivity contribution in [2.24, 2.45) is 11.7 Å². The number of nitrogens with two attached hydrogens (primary N) is 1. The van der Waals surface area contributed by atoms with Crippen molar-refractivity contribution >= 4 is 22.3 Å². The summed E-state index contributed by atoms with van der Waals surface area (Å²) in [5, 5.41) is 32.6. The molecule has 2 fully saturated rings. The van der Waals surface area contributed by atoms with Crippen LogP contribution in [0.2, 0.25) is 0 Å². The average Bonchev–Trinajstić information content (AvgIpc) is 3.40. The van der Waals surface area contributed by atoms with E-state index in [4.69, 9.17) is 15.2 Å². The Kier molecular flexibility index (Phi) is 5.79. The largest absolute Gasteiger partial charge is 0.394 e. The third-order valence-electron chi connectivity index (χ3n) is 9.49. The van der Waals surface area contributed by atoms with E-state index in [0.29, 0.717) is 18.4 Å². The number of ether oxygens (including phenoxy) is 2. The first kappa shape index (κ1) is 25.0. The van der Waals surface area contributed by atoms with Gasteiger partial charge in [0.2, 0.25) is 0 Å². The lowest BCUT2D eigenvalue weighted by molar-refractivity contribution is -0.284. The molecule has 0 bridgehead atoms. The maximum Gasteiger partial charge on any atom is 0.176 e. The molecule has 3 aliphatic carbocycles. The minimum absolute atomic E-state index is 0.0164. The van der Waals surface area contributed by atoms with Crippen LogP contribution in [-0.2, 0) is 26.1 Å². The van der Waals surface area contributed by atoms with Gasteiger partial charge >= 0.3 is 0 Å². The standard InChI is InChI=1S/C31H31NO7/c32-26-29(37)28(36)22(14-33)38-30(26)39-24-10-9-15-5-3-4-8-21(15)31(24)23(34)13-20-25(31)18-11-16-6-1-2-7-17(16)12-19(18)27(20)35/h1-8,11-12,20,22,24-26,28-30,33,36-37H,9-10,13-14,32H2/t20-,22-,24+,25-,26-,28-,29-,30+,31+/m1/s1. The highest BCUT2D eigenvalue weighted by Gasteiger charge is 2.67. The van der Waals surface area contributed by atoms with E-state index in [1.54, 1.807) is 0 Å². The van der Waals surface area contributed by atoms with Crippen LogP contribution < -0.4 is 5.73 Å². The lowest BCUT2D eigenvalue weighted by atomic mass is 9.60. The molecular weight excluding hydrogens is 498 g/mol. The maximum atomic E-state index is 14.3. The second kappa shape index (κ2) is 9.02. The number of benzene rings is 3. The fraction of sp³-hybridized carbons (Fsp3) is 0.419. The lowest BCUT2D eigenvalue weighted by Gasteiger charge is -2.48. The van der Waals surface area contributed by atoms with Crippen molar-refractivity contribution in [3.05, 3.63) is 82.9 Å². The summed E-state index contributed by atoms with van der Waals surface area (Å²) in [7, 11) is 0. The number of hydrogen-bond acceptors (Lipinski definition) is 8. The molecule has 1 heterocycles. The van der Waals surface area contributed by atoms with Crippen molar-refractivity contribution in [3.8, 4) is 0 Å². The van der Waals surface area contributed by atoms with Crippen LogP contribution >= 0.6 is 0 Å². The van der Waals surface area contributed by atoms with Gasteiger partial charge in [-0.15, -0.1) is 0 Å². The highest BCUT2D eigenvalue weighted by atomic mass is 16.7. The lowest BCUT2D eigenvalue weighted by Crippen LogP contribution is -2.64. The molecule has 9 atom stereocenters. The van der Waals surface area contributed by atoms with E-state index in [0.717, 1.165) is 27.5 Å². The fourth-order valence-electron chi connectivity index (χ4n) is 7.70. The summed E-state index contributed by atoms with van der Waals surface area (Å²) in [5.41, 5.74) is 8.52. The van der Waals surface area contributed by atoms with Crippen LogP contribution in [0.15, 0.2) is 60.7 Å². The molecule has 0 unspecified atom stereocenters. The number of rotatable bonds is 3. The number of aliphatic hydroxyl groups excluding tert-OH is 3. The number of Topliss-reactive ketones (excluding diaryl/α,β-unsaturated/α-hetero) is 2. The van der Waals surface area contributed by atoms with Gasteiger partial charge in [-0.05, 0) is 46.4 Å². The van der Waals surface area contributed by atoms with Crippen LogP contribution in [0.25, 0.3) is 10.8 Å². The zero-order chi connectivity index (χ0) is 27.1. The quantitative estimate of drug-likeness (QED) is 0.403. The number of hydrogen-bond donors (Lipinski definition) is 4. The Bertz CT molecular complexity index is 1490. The minimum Gasteiger partial charge on any atom is -0.394 e. The van der Waals surface area contributed by atoms with E-state index < -0.39 is 60.6 Å². The number of fused-ring (bicyclic) bond motifs is 7. The zero-order valence-corrected chi connectivity index (χ0v) is 21.3. The highest BCUT2D eigenvalue weighted by molar-refractivity contribution is 6.13. The van der Waals surface area contributed by atoms with Crippen molar-refractivity contribution in [1.29, 1.82) is 0 Å². The molecule has 0 amide bonds. The van der Waals surface area contributed by atoms with Gasteiger partial charge in [0.05, 0.1) is 24.2 Å². The molecule has 5 N–H and O–H groups in total. The van der Waals surface area contributed by atoms with Crippen LogP contribution in [0.5, 0.6) is 0 Å². The Morgan fingerprint density at radius 3 is 2.49 bits per heavy atom. The zero-order valence-electron chi connectivity index (χ0n) is 21.3. The molecule has 1 aliphatic heterocycles. The number of carbonyl (C=O) groups excluding carboxylic acids is 2. The summed E-state index contributed by atoms with van der Waals surface area (Å²) >= 11 is 0. The first-order chi connectivity index (χ1) is 18.9. The van der Waals surface area contributed by atoms with Crippen LogP contribution in [0.3, 0.4) is 0 Å². The van der Waals surface area contributed by atoms with Crippen LogP contribution in [-0.4, -0.2) is 70.2 Å². The molecule has 1 saturated heterocycles. The van der Waals surface area contributed by atoms with E-state index in [9.17, 15) is 24.9 Å². The van der Waals surface area contributed by atoms with Crippen LogP contribution in [0, 0.1) is 5.92 Å². The van der Waals surface area contributed by atoms with Crippen molar-refractivity contribution in [1.82, 2.24) is 0 Å². The summed E-state index contributed by atoms with van der Waals surface area (Å²) in [6.45, 7) is -0.526. The van der Waals surface area contributed by atoms with E-state index in [-0.39, 0.29) is 18.0 Å². The van der Waals surface area contributed by atoms with Crippen LogP contribution in [0.1, 0.15) is 45.8 Å². The molecule has 4 aliphatic rings. The van der Waals surface area contributed by atoms with Gasteiger partial charge in [-0.2, -0.15) is 0 Å². The van der Waals surface area contributed by atoms with Crippen LogP contribution in [0.4, 0.5) is 0 Å². The Morgan fingerprint density at radius 1 is 1.00 bits per heavy atom. The second-order valence-corrected chi connectivity index (χ2v) is 11.3. The van der Waals surface area contributed by atoms with Gasteiger partial charge in [-0.25, -0.2) is 0 Å². The first-order valence-corrected chi connectivity index (χ1v) is 13.6. The van der Waals surface area contributed by atoms with Gasteiger partial charge in [0.15, 0.2) is 12.1 Å². The number of carbonyl (C=O) groups is 2. The van der Waals surface area contributed by atoms with Gasteiger partial charge in [-0.1, -0.05) is 54.6 Å². The number of aliphatic hydroxyl groups is 3. The second-order valence-electron chi connectivity index (χ2n) is 11.3. The van der Waals surface area contributed by atoms with Gasteiger partial charge in [0.1, 0.15) is 24.1 Å². The molecule has 0 aromatic heterocycles. The molecular formula is C31H31NO7. The number of aryl methyl sites for hydroxylation is 1. The molecule has 8 nitrogen and oxygen atoms in total. The minimum atomic E-state index is -1.38. The van der Waals surface area contributed by atoms with Crippen molar-refractivity contribution in [2.45, 2.75) is 67.3 Å². The van der Waals surface area contributed by atoms with Gasteiger partial charge < -0.3 is 30.5 Å². The molecule has 1 spiro atoms. The summed E-state index contributed by atoms with van der Waals surface area (Å²) in [5.74, 6) is -0.990. The molecule has 3 aromatic rings. The predicted molar refractivity (Wildman–Crippen MR) is 141 cm³/mol. The molecule has 1 saturated carbocycles. The van der Waals surface area contributed by atoms with Crippen molar-refractivity contribution < 1.29 is 34.4 Å². The van der Waals surface area contributed by atoms with Gasteiger partial charge in [-0.3, -0.25) is 9.59 Å². The number of ketones is 2. The summed E-state index contributed by atoms with van der Waals surface area (Å²) < 4.78 is 12.4. The van der Waals surface area contributed by atoms with E-state index in [2.05, 4.69) is 0 Å². The van der Waals surface area contributed by atoms with Gasteiger partial charge in [0, 0.05) is 23.8 Å². The van der Waals surface area contributed by atoms with E-state index in [1.807, 2.05) is 60.7 Å². The fourth-order valence-corrected chi connectivity index (χ4v) is 7.70. The summed E-state index contributed by atoms with van der Waals surface area (Å²) in [6.07, 6.45) is -4.42. The Balaban J connectivity index is 1.39. The Labute approximate surface area is 225 Å². The predicted octanol–water partition coefficient (Wildman–Crippen LogP) is 1.74. The topological polar surface area (TPSA) is 139 Å². The molecule has 3 aromatic carbocycles. The van der Waals surface area contributed by atoms with Crippen molar-refractivity contribution in [3.63, 3.8) is 0 Å². The first-order valence-electron chi connectivity index (χ1n) is 13.6. The molecule has 8 heteroatoms. The Morgan fingerprint density at radius 2 is 1.72 bits per heavy atom. The SMILES string of the molecule is N[C@H]1[C@H](O[C@H]2CCc3ccccc3[C@]23C(=O)C[C@H]2C(=O)c4cc5ccccc5cc4[C@H]23)O[C@H](CO)[C@@H](O)[C@@H]1O. The molecule has 0 radical (unpaired) electrons. The van der Waals surface area contributed by atoms with Gasteiger partial charge in [0.25, 0.3) is 0 Å². The molecule has 7 rings (SSSR count). The van der Waals surface area contributed by atoms with E-state index in [1.165, 1.54) is 0 Å². The monoisotopic (exact) mass is 529 g/mol. The molecule has 39 heavy (non-hydrogen) atoms. The smallest absolute Gasteiger partial charge is 0.176 e. The third-order valence-corrected chi connectivity index (χ3v) is 9.49.